The van der Waals surface area contributed by atoms with Gasteiger partial charge in [0.05, 0.1) is 0 Å². The van der Waals surface area contributed by atoms with E-state index in [9.17, 15) is 0 Å². The van der Waals surface area contributed by atoms with Crippen LogP contribution in [0.4, 0.5) is 0 Å². The Morgan fingerprint density at radius 3 is 1.05 bits per heavy atom. The number of aryl methyl sites for hydroxylation is 2. The Kier molecular flexibility index (Phi) is 18.6. The van der Waals surface area contributed by atoms with Gasteiger partial charge in [0.2, 0.25) is 0 Å². The maximum Gasteiger partial charge on any atom is 2.00 e. The number of hydrogen-bond acceptors (Lipinski definition) is 0. The minimum Gasteiger partial charge on any atom is -0.165 e. The van der Waals surface area contributed by atoms with E-state index in [-0.39, 0.29) is 51.0 Å². The van der Waals surface area contributed by atoms with Crippen molar-refractivity contribution < 1.29 is 26.2 Å². The Hall–Kier alpha value is -0.660. The maximum atomic E-state index is 2.39. The molecule has 0 aliphatic heterocycles. The summed E-state index contributed by atoms with van der Waals surface area (Å²) in [6.45, 7) is 26.8. The van der Waals surface area contributed by atoms with Gasteiger partial charge in [0.15, 0.2) is 0 Å². The fraction of sp³-hybridized carbons (Fsp3) is 0.471. The van der Waals surface area contributed by atoms with Crippen molar-refractivity contribution in [2.75, 3.05) is 0 Å². The van der Waals surface area contributed by atoms with Gasteiger partial charge in [-0.25, -0.2) is 0 Å². The van der Waals surface area contributed by atoms with Crippen LogP contribution in [-0.2, 0) is 26.2 Å². The first kappa shape index (κ1) is 39.5. The molecule has 0 N–H and O–H groups in total. The summed E-state index contributed by atoms with van der Waals surface area (Å²) < 4.78 is 0. The second-order valence-electron chi connectivity index (χ2n) is 11.4. The van der Waals surface area contributed by atoms with Crippen LogP contribution < -0.4 is 0 Å². The standard InChI is InChI=1S/2C16H21.C2H6Si.2ClH.Zr/c2*1-10(2)13-8-14-6-12(5)7-16(14)15(9-13)11(3)4;1-3-2;;;/h2*6-11H,1-5H3;1-2H3;2*1H;/q2*-1;;;;+2. The molecule has 0 atom stereocenters. The molecular formula is C34H50Cl2SiZr. The van der Waals surface area contributed by atoms with Crippen molar-refractivity contribution in [2.45, 2.75) is 106 Å². The minimum absolute atomic E-state index is 0. The second kappa shape index (κ2) is 17.9. The molecule has 0 heterocycles. The summed E-state index contributed by atoms with van der Waals surface area (Å²) in [6.07, 6.45) is 0. The van der Waals surface area contributed by atoms with Crippen molar-refractivity contribution in [3.8, 4) is 0 Å². The molecule has 0 spiro atoms. The molecule has 0 bridgehead atoms. The van der Waals surface area contributed by atoms with E-state index in [0.29, 0.717) is 23.7 Å². The first-order chi connectivity index (χ1) is 16.4. The van der Waals surface area contributed by atoms with Crippen LogP contribution in [0.1, 0.15) is 112 Å². The summed E-state index contributed by atoms with van der Waals surface area (Å²) in [5, 5.41) is 5.70. The van der Waals surface area contributed by atoms with Gasteiger partial charge < -0.3 is 0 Å². The van der Waals surface area contributed by atoms with E-state index in [1.165, 1.54) is 54.9 Å². The van der Waals surface area contributed by atoms with Gasteiger partial charge in [-0.3, -0.25) is 0 Å². The summed E-state index contributed by atoms with van der Waals surface area (Å²) in [5.41, 5.74) is 8.66. The quantitative estimate of drug-likeness (QED) is 0.153. The Bertz CT molecular complexity index is 1130. The van der Waals surface area contributed by atoms with E-state index >= 15 is 0 Å². The molecule has 208 valence electrons. The molecular weight excluding hydrogens is 599 g/mol. The van der Waals surface area contributed by atoms with Crippen LogP contribution >= 0.6 is 24.8 Å². The average Bonchev–Trinajstić information content (AvgIpc) is 3.33. The van der Waals surface area contributed by atoms with E-state index < -0.39 is 0 Å². The second-order valence-corrected chi connectivity index (χ2v) is 12.4. The monoisotopic (exact) mass is 646 g/mol. The number of fused-ring (bicyclic) bond motifs is 2. The zero-order chi connectivity index (χ0) is 26.4. The van der Waals surface area contributed by atoms with Crippen LogP contribution in [0.5, 0.6) is 0 Å². The van der Waals surface area contributed by atoms with Gasteiger partial charge in [0.25, 0.3) is 0 Å². The minimum atomic E-state index is 0. The van der Waals surface area contributed by atoms with E-state index in [4.69, 9.17) is 0 Å². The average molecular weight is 649 g/mol. The molecule has 4 rings (SSSR count). The van der Waals surface area contributed by atoms with Crippen LogP contribution in [0.3, 0.4) is 0 Å². The van der Waals surface area contributed by atoms with Gasteiger partial charge in [-0.05, 0) is 23.7 Å². The number of halogens is 2. The molecule has 0 fully saturated rings. The molecule has 4 aromatic rings. The molecule has 0 nitrogen and oxygen atoms in total. The third-order valence-electron chi connectivity index (χ3n) is 6.62. The number of benzene rings is 2. The van der Waals surface area contributed by atoms with Gasteiger partial charge in [-0.15, -0.1) is 81.8 Å². The van der Waals surface area contributed by atoms with Gasteiger partial charge in [0.1, 0.15) is 0 Å². The van der Waals surface area contributed by atoms with Crippen molar-refractivity contribution in [2.24, 2.45) is 0 Å². The van der Waals surface area contributed by atoms with Crippen molar-refractivity contribution in [3.05, 3.63) is 81.9 Å². The van der Waals surface area contributed by atoms with Crippen LogP contribution in [0.25, 0.3) is 21.5 Å². The molecule has 4 heteroatoms. The molecule has 0 aliphatic carbocycles. The van der Waals surface area contributed by atoms with Gasteiger partial charge in [-0.2, -0.15) is 12.1 Å². The van der Waals surface area contributed by atoms with Gasteiger partial charge in [-0.1, -0.05) is 117 Å². The predicted octanol–water partition coefficient (Wildman–Crippen LogP) is 11.9. The largest absolute Gasteiger partial charge is 2.00 e. The molecule has 0 saturated carbocycles. The van der Waals surface area contributed by atoms with Crippen molar-refractivity contribution in [1.82, 2.24) is 0 Å². The first-order valence-corrected chi connectivity index (χ1v) is 15.4. The topological polar surface area (TPSA) is 0 Å². The van der Waals surface area contributed by atoms with E-state index in [1.807, 2.05) is 0 Å². The smallest absolute Gasteiger partial charge is 0.165 e. The van der Waals surface area contributed by atoms with E-state index in [0.717, 1.165) is 9.52 Å². The predicted molar refractivity (Wildman–Crippen MR) is 177 cm³/mol. The van der Waals surface area contributed by atoms with Crippen molar-refractivity contribution >= 4 is 55.9 Å². The molecule has 0 saturated heterocycles. The van der Waals surface area contributed by atoms with E-state index in [2.05, 4.69) is 131 Å². The zero-order valence-corrected chi connectivity index (χ0v) is 30.8. The van der Waals surface area contributed by atoms with Gasteiger partial charge >= 0.3 is 26.2 Å². The molecule has 0 amide bonds. The Balaban J connectivity index is 0. The van der Waals surface area contributed by atoms with Crippen molar-refractivity contribution in [3.63, 3.8) is 0 Å². The molecule has 0 aliphatic rings. The number of hydrogen-bond donors (Lipinski definition) is 0. The fourth-order valence-corrected chi connectivity index (χ4v) is 4.67. The molecule has 0 unspecified atom stereocenters. The number of rotatable bonds is 4. The molecule has 4 aromatic carbocycles. The van der Waals surface area contributed by atoms with Crippen LogP contribution in [0, 0.1) is 13.8 Å². The third kappa shape index (κ3) is 10.4. The SMILES string of the molecule is C[Si]C.Cc1cc2c(C(C)C)cc(C(C)C)cc2[cH-]1.Cc1cc2c(C(C)C)cc(C(C)C)cc2[cH-]1.Cl.Cl.[Zr+2]. The fourth-order valence-electron chi connectivity index (χ4n) is 4.67. The van der Waals surface area contributed by atoms with E-state index in [1.54, 1.807) is 0 Å². The van der Waals surface area contributed by atoms with Crippen LogP contribution in [-0.4, -0.2) is 9.52 Å². The first-order valence-electron chi connectivity index (χ1n) is 13.4. The zero-order valence-electron chi connectivity index (χ0n) is 25.7. The Labute approximate surface area is 268 Å². The summed E-state index contributed by atoms with van der Waals surface area (Å²) in [7, 11) is 1.08. The normalized spacial score (nSPS) is 10.5. The molecule has 38 heavy (non-hydrogen) atoms. The summed E-state index contributed by atoms with van der Waals surface area (Å²) in [4.78, 5) is 0. The van der Waals surface area contributed by atoms with Crippen LogP contribution in [0.15, 0.2) is 48.5 Å². The third-order valence-corrected chi connectivity index (χ3v) is 6.62. The van der Waals surface area contributed by atoms with Crippen molar-refractivity contribution in [1.29, 1.82) is 0 Å². The van der Waals surface area contributed by atoms with Gasteiger partial charge in [0, 0.05) is 9.52 Å². The summed E-state index contributed by atoms with van der Waals surface area (Å²) in [5.74, 6) is 2.42. The Morgan fingerprint density at radius 1 is 0.526 bits per heavy atom. The van der Waals surface area contributed by atoms with Crippen LogP contribution in [0.2, 0.25) is 13.1 Å². The molecule has 0 aromatic heterocycles. The molecule has 2 radical (unpaired) electrons. The summed E-state index contributed by atoms with van der Waals surface area (Å²) >= 11 is 0. The Morgan fingerprint density at radius 2 is 0.816 bits per heavy atom. The summed E-state index contributed by atoms with van der Waals surface area (Å²) in [6, 6.07) is 18.7. The maximum absolute atomic E-state index is 2.39.